The maximum Gasteiger partial charge on any atom is 0.338 e. The summed E-state index contributed by atoms with van der Waals surface area (Å²) in [5.41, 5.74) is 2.05. The van der Waals surface area contributed by atoms with Crippen molar-refractivity contribution in [2.45, 2.75) is 52.4 Å². The number of hydrogen-bond donors (Lipinski definition) is 1. The summed E-state index contributed by atoms with van der Waals surface area (Å²) in [6.07, 6.45) is 0. The zero-order chi connectivity index (χ0) is 22.7. The molecule has 2 aromatic rings. The van der Waals surface area contributed by atoms with Gasteiger partial charge in [0.1, 0.15) is 16.4 Å². The third-order valence-electron chi connectivity index (χ3n) is 3.63. The van der Waals surface area contributed by atoms with Gasteiger partial charge >= 0.3 is 5.97 Å². The van der Waals surface area contributed by atoms with E-state index in [0.717, 1.165) is 18.5 Å². The molecule has 0 radical (unpaired) electrons. The van der Waals surface area contributed by atoms with Crippen LogP contribution in [0.25, 0.3) is 0 Å². The number of carboxylic acids is 1. The molecule has 0 aliphatic heterocycles. The van der Waals surface area contributed by atoms with Crippen LogP contribution in [0.4, 0.5) is 0 Å². The third-order valence-corrected chi connectivity index (χ3v) is 5.85. The zero-order valence-electron chi connectivity index (χ0n) is 16.9. The quantitative estimate of drug-likeness (QED) is 0.268. The second-order valence-electron chi connectivity index (χ2n) is 8.23. The second-order valence-corrected chi connectivity index (χ2v) is 11.3. The van der Waals surface area contributed by atoms with Crippen LogP contribution in [-0.2, 0) is 10.8 Å². The van der Waals surface area contributed by atoms with Gasteiger partial charge in [-0.15, -0.1) is 0 Å². The van der Waals surface area contributed by atoms with Crippen molar-refractivity contribution in [3.05, 3.63) is 52.1 Å². The number of rotatable bonds is 1. The molecule has 0 saturated carbocycles. The van der Waals surface area contributed by atoms with Gasteiger partial charge < -0.3 is 5.11 Å². The number of carbonyl (C=O) groups is 1. The lowest BCUT2D eigenvalue weighted by Gasteiger charge is -2.20. The van der Waals surface area contributed by atoms with Gasteiger partial charge in [0, 0.05) is 18.0 Å². The molecule has 0 bridgehead atoms. The molecule has 0 atom stereocenters. The highest BCUT2D eigenvalue weighted by atomic mass is 127. The third kappa shape index (κ3) is 7.19. The van der Waals surface area contributed by atoms with Gasteiger partial charge in [0.15, 0.2) is 0 Å². The van der Waals surface area contributed by atoms with Crippen LogP contribution in [0.2, 0.25) is 10.3 Å². The van der Waals surface area contributed by atoms with E-state index in [0.29, 0.717) is 5.56 Å². The molecule has 0 saturated heterocycles. The fourth-order valence-electron chi connectivity index (χ4n) is 2.21. The predicted octanol–water partition coefficient (Wildman–Crippen LogP) is 6.84. The lowest BCUT2D eigenvalue weighted by atomic mass is 9.91. The molecule has 0 spiro atoms. The number of nitriles is 1. The molecule has 9 heteroatoms. The van der Waals surface area contributed by atoms with E-state index in [9.17, 15) is 4.79 Å². The number of halogens is 4. The minimum atomic E-state index is -1.05. The highest BCUT2D eigenvalue weighted by Gasteiger charge is 2.23. The van der Waals surface area contributed by atoms with Crippen LogP contribution in [0.5, 0.6) is 0 Å². The van der Waals surface area contributed by atoms with E-state index in [2.05, 4.69) is 75.9 Å². The van der Waals surface area contributed by atoms with Crippen molar-refractivity contribution in [2.75, 3.05) is 0 Å². The summed E-state index contributed by atoms with van der Waals surface area (Å²) < 4.78 is 1.80. The number of hydrogen-bond acceptors (Lipinski definition) is 4. The average molecular weight is 660 g/mol. The number of pyridine rings is 2. The fraction of sp³-hybridized carbons (Fsp3) is 0.400. The summed E-state index contributed by atoms with van der Waals surface area (Å²) in [6.45, 7) is 12.2. The van der Waals surface area contributed by atoms with Crippen molar-refractivity contribution in [1.82, 2.24) is 9.97 Å². The number of aromatic nitrogens is 2. The van der Waals surface area contributed by atoms with Crippen molar-refractivity contribution in [2.24, 2.45) is 0 Å². The minimum Gasteiger partial charge on any atom is -0.478 e. The lowest BCUT2D eigenvalue weighted by Crippen LogP contribution is -2.17. The van der Waals surface area contributed by atoms with E-state index in [1.807, 2.05) is 26.8 Å². The van der Waals surface area contributed by atoms with E-state index in [4.69, 9.17) is 33.6 Å². The Morgan fingerprint density at radius 2 is 1.38 bits per heavy atom. The molecule has 0 unspecified atom stereocenters. The molecule has 29 heavy (non-hydrogen) atoms. The van der Waals surface area contributed by atoms with Crippen LogP contribution in [0.3, 0.4) is 0 Å². The summed E-state index contributed by atoms with van der Waals surface area (Å²) in [7, 11) is 0. The van der Waals surface area contributed by atoms with Gasteiger partial charge in [-0.3, -0.25) is 0 Å². The van der Waals surface area contributed by atoms with Gasteiger partial charge in [-0.2, -0.15) is 5.26 Å². The molecular weight excluding hydrogens is 639 g/mol. The number of nitrogens with zero attached hydrogens (tertiary/aromatic N) is 3. The maximum atomic E-state index is 10.8. The zero-order valence-corrected chi connectivity index (χ0v) is 22.7. The number of aromatic carboxylic acids is 1. The highest BCUT2D eigenvalue weighted by Crippen LogP contribution is 2.29. The molecule has 5 nitrogen and oxygen atoms in total. The summed E-state index contributed by atoms with van der Waals surface area (Å²) in [4.78, 5) is 19.2. The van der Waals surface area contributed by atoms with E-state index >= 15 is 0 Å². The van der Waals surface area contributed by atoms with Crippen LogP contribution in [0.15, 0.2) is 12.1 Å². The summed E-state index contributed by atoms with van der Waals surface area (Å²) in [6, 6.07) is 5.34. The Labute approximate surface area is 208 Å². The van der Waals surface area contributed by atoms with Gasteiger partial charge in [0.25, 0.3) is 0 Å². The van der Waals surface area contributed by atoms with Gasteiger partial charge in [-0.25, -0.2) is 14.8 Å². The summed E-state index contributed by atoms with van der Waals surface area (Å²) in [5.74, 6) is -1.05. The van der Waals surface area contributed by atoms with Crippen molar-refractivity contribution >= 4 is 74.4 Å². The Morgan fingerprint density at radius 1 is 0.966 bits per heavy atom. The van der Waals surface area contributed by atoms with E-state index in [1.54, 1.807) is 12.1 Å². The van der Waals surface area contributed by atoms with Crippen molar-refractivity contribution < 1.29 is 9.90 Å². The molecular formula is C20H21Cl2I2N3O2. The predicted molar refractivity (Wildman–Crippen MR) is 133 cm³/mol. The van der Waals surface area contributed by atoms with Gasteiger partial charge in [0.05, 0.1) is 22.5 Å². The van der Waals surface area contributed by atoms with Crippen molar-refractivity contribution in [1.29, 1.82) is 5.26 Å². The van der Waals surface area contributed by atoms with E-state index in [1.165, 1.54) is 0 Å². The fourth-order valence-corrected chi connectivity index (χ4v) is 5.10. The molecule has 2 aromatic heterocycles. The normalized spacial score (nSPS) is 11.3. The molecule has 0 aliphatic rings. The molecule has 0 aromatic carbocycles. The molecule has 1 N–H and O–H groups in total. The standard InChI is InChI=1S/C10H10ClIN2.C10H11ClINO2/c1-10(2,3)8-7(12)4-6(5-13)9(11)14-8;1-10(2,3)7-6(12)4-5(9(14)15)8(11)13-7/h4H,1-3H3;4H,1-3H3,(H,14,15). The summed E-state index contributed by atoms with van der Waals surface area (Å²) in [5, 5.41) is 18.0. The van der Waals surface area contributed by atoms with Crippen LogP contribution in [0.1, 0.15) is 68.9 Å². The largest absolute Gasteiger partial charge is 0.478 e. The Morgan fingerprint density at radius 3 is 1.76 bits per heavy atom. The van der Waals surface area contributed by atoms with Crippen molar-refractivity contribution in [3.8, 4) is 6.07 Å². The first-order valence-corrected chi connectivity index (χ1v) is 11.4. The van der Waals surface area contributed by atoms with Crippen LogP contribution in [-0.4, -0.2) is 21.0 Å². The molecule has 2 heterocycles. The van der Waals surface area contributed by atoms with Crippen LogP contribution >= 0.6 is 68.4 Å². The van der Waals surface area contributed by atoms with E-state index in [-0.39, 0.29) is 26.7 Å². The molecule has 0 amide bonds. The van der Waals surface area contributed by atoms with Crippen molar-refractivity contribution in [3.63, 3.8) is 0 Å². The molecule has 156 valence electrons. The first kappa shape index (κ1) is 26.3. The highest BCUT2D eigenvalue weighted by molar-refractivity contribution is 14.1. The number of carboxylic acid groups (broad SMARTS) is 1. The van der Waals surface area contributed by atoms with Gasteiger partial charge in [0.2, 0.25) is 0 Å². The average Bonchev–Trinajstić information content (AvgIpc) is 2.56. The maximum absolute atomic E-state index is 10.8. The lowest BCUT2D eigenvalue weighted by molar-refractivity contribution is 0.0696. The minimum absolute atomic E-state index is 0.0475. The molecule has 0 fully saturated rings. The Bertz CT molecular complexity index is 976. The van der Waals surface area contributed by atoms with Crippen LogP contribution in [0, 0.1) is 18.5 Å². The molecule has 0 aliphatic carbocycles. The second kappa shape index (κ2) is 10.1. The van der Waals surface area contributed by atoms with E-state index < -0.39 is 5.97 Å². The topological polar surface area (TPSA) is 86.9 Å². The van der Waals surface area contributed by atoms with Gasteiger partial charge in [-0.1, -0.05) is 64.7 Å². The van der Waals surface area contributed by atoms with Crippen LogP contribution < -0.4 is 0 Å². The first-order valence-electron chi connectivity index (χ1n) is 8.46. The Hall–Kier alpha value is -0.700. The Balaban J connectivity index is 0.000000291. The Kier molecular flexibility index (Phi) is 9.15. The summed E-state index contributed by atoms with van der Waals surface area (Å²) >= 11 is 15.9. The van der Waals surface area contributed by atoms with Gasteiger partial charge in [-0.05, 0) is 57.3 Å². The monoisotopic (exact) mass is 659 g/mol. The smallest absolute Gasteiger partial charge is 0.338 e. The first-order chi connectivity index (χ1) is 13.1. The molecule has 2 rings (SSSR count). The SMILES string of the molecule is CC(C)(C)c1nc(Cl)c(C#N)cc1I.CC(C)(C)c1nc(Cl)c(C(=O)O)cc1I.